The lowest BCUT2D eigenvalue weighted by Gasteiger charge is -2.13. The number of aliphatic hydroxyl groups excluding tert-OH is 1. The summed E-state index contributed by atoms with van der Waals surface area (Å²) in [5, 5.41) is 17.7. The van der Waals surface area contributed by atoms with Gasteiger partial charge in [0, 0.05) is 5.56 Å². The van der Waals surface area contributed by atoms with E-state index in [-0.39, 0.29) is 5.78 Å². The number of ketones is 1. The van der Waals surface area contributed by atoms with Gasteiger partial charge < -0.3 is 19.7 Å². The predicted molar refractivity (Wildman–Crippen MR) is 131 cm³/mol. The van der Waals surface area contributed by atoms with Gasteiger partial charge in [-0.25, -0.2) is 4.79 Å². The summed E-state index contributed by atoms with van der Waals surface area (Å²) < 4.78 is 11.4. The summed E-state index contributed by atoms with van der Waals surface area (Å²) in [6, 6.07) is 6.84. The SMILES string of the molecule is CCCCOc1c(C)cc(C(=O)CO)cc1C.CCCCOc1c(C)cc(C(=O)O)cc1C. The Labute approximate surface area is 197 Å². The number of aliphatic hydroxyl groups is 1. The average Bonchev–Trinajstić information content (AvgIpc) is 2.77. The minimum atomic E-state index is -0.897. The van der Waals surface area contributed by atoms with Crippen molar-refractivity contribution in [1.82, 2.24) is 0 Å². The van der Waals surface area contributed by atoms with Crippen LogP contribution in [0.15, 0.2) is 24.3 Å². The summed E-state index contributed by atoms with van der Waals surface area (Å²) in [7, 11) is 0. The minimum absolute atomic E-state index is 0.253. The Morgan fingerprint density at radius 3 is 1.39 bits per heavy atom. The Morgan fingerprint density at radius 1 is 0.727 bits per heavy atom. The van der Waals surface area contributed by atoms with Crippen LogP contribution in [0.1, 0.15) is 82.5 Å². The first-order valence-electron chi connectivity index (χ1n) is 11.5. The van der Waals surface area contributed by atoms with Crippen LogP contribution in [0.4, 0.5) is 0 Å². The molecule has 0 aliphatic heterocycles. The molecule has 6 nitrogen and oxygen atoms in total. The van der Waals surface area contributed by atoms with Crippen LogP contribution in [0.5, 0.6) is 11.5 Å². The molecule has 0 radical (unpaired) electrons. The number of unbranched alkanes of at least 4 members (excludes halogenated alkanes) is 2. The van der Waals surface area contributed by atoms with Gasteiger partial charge >= 0.3 is 5.97 Å². The van der Waals surface area contributed by atoms with E-state index in [2.05, 4.69) is 13.8 Å². The van der Waals surface area contributed by atoms with E-state index in [1.165, 1.54) is 0 Å². The van der Waals surface area contributed by atoms with Crippen molar-refractivity contribution in [3.05, 3.63) is 57.6 Å². The van der Waals surface area contributed by atoms with E-state index in [1.807, 2.05) is 27.7 Å². The molecule has 2 N–H and O–H groups in total. The van der Waals surface area contributed by atoms with E-state index in [4.69, 9.17) is 19.7 Å². The first-order chi connectivity index (χ1) is 15.7. The number of carboxylic acid groups (broad SMARTS) is 1. The summed E-state index contributed by atoms with van der Waals surface area (Å²) in [6.45, 7) is 12.7. The van der Waals surface area contributed by atoms with Crippen LogP contribution in [-0.2, 0) is 0 Å². The van der Waals surface area contributed by atoms with Crippen molar-refractivity contribution in [1.29, 1.82) is 0 Å². The van der Waals surface area contributed by atoms with Crippen LogP contribution in [0.3, 0.4) is 0 Å². The van der Waals surface area contributed by atoms with Crippen molar-refractivity contribution in [2.75, 3.05) is 19.8 Å². The monoisotopic (exact) mass is 458 g/mol. The van der Waals surface area contributed by atoms with E-state index in [0.29, 0.717) is 24.3 Å². The van der Waals surface area contributed by atoms with E-state index in [9.17, 15) is 9.59 Å². The average molecular weight is 459 g/mol. The number of Topliss-reactive ketones (excluding diaryl/α,β-unsaturated/α-hetero) is 1. The van der Waals surface area contributed by atoms with Crippen LogP contribution in [0.2, 0.25) is 0 Å². The molecule has 2 rings (SSSR count). The van der Waals surface area contributed by atoms with Crippen molar-refractivity contribution in [2.24, 2.45) is 0 Å². The molecule has 182 valence electrons. The molecule has 0 saturated carbocycles. The minimum Gasteiger partial charge on any atom is -0.493 e. The Morgan fingerprint density at radius 2 is 1.09 bits per heavy atom. The zero-order chi connectivity index (χ0) is 25.0. The number of rotatable bonds is 11. The van der Waals surface area contributed by atoms with E-state index in [0.717, 1.165) is 59.4 Å². The molecule has 0 atom stereocenters. The van der Waals surface area contributed by atoms with Crippen molar-refractivity contribution in [2.45, 2.75) is 67.2 Å². The lowest BCUT2D eigenvalue weighted by molar-refractivity contribution is 0.0696. The molecule has 0 heterocycles. The summed E-state index contributed by atoms with van der Waals surface area (Å²) >= 11 is 0. The fourth-order valence-corrected chi connectivity index (χ4v) is 3.37. The maximum atomic E-state index is 11.4. The molecule has 33 heavy (non-hydrogen) atoms. The molecule has 0 aliphatic rings. The highest BCUT2D eigenvalue weighted by Gasteiger charge is 2.11. The largest absolute Gasteiger partial charge is 0.493 e. The van der Waals surface area contributed by atoms with Gasteiger partial charge in [-0.15, -0.1) is 0 Å². The molecule has 0 bridgehead atoms. The maximum Gasteiger partial charge on any atom is 0.335 e. The molecule has 0 saturated heterocycles. The first-order valence-corrected chi connectivity index (χ1v) is 11.5. The van der Waals surface area contributed by atoms with Gasteiger partial charge in [0.2, 0.25) is 0 Å². The first kappa shape index (κ1) is 28.2. The second-order valence-corrected chi connectivity index (χ2v) is 8.17. The smallest absolute Gasteiger partial charge is 0.335 e. The highest BCUT2D eigenvalue weighted by Crippen LogP contribution is 2.26. The normalized spacial score (nSPS) is 10.3. The van der Waals surface area contributed by atoms with Crippen LogP contribution in [0.25, 0.3) is 0 Å². The predicted octanol–water partition coefficient (Wildman–Crippen LogP) is 5.84. The van der Waals surface area contributed by atoms with E-state index >= 15 is 0 Å². The van der Waals surface area contributed by atoms with E-state index in [1.54, 1.807) is 24.3 Å². The number of aryl methyl sites for hydroxylation is 4. The highest BCUT2D eigenvalue weighted by molar-refractivity contribution is 5.97. The van der Waals surface area contributed by atoms with Gasteiger partial charge in [-0.1, -0.05) is 26.7 Å². The van der Waals surface area contributed by atoms with Gasteiger partial charge in [-0.05, 0) is 87.1 Å². The number of carbonyl (C=O) groups is 2. The molecule has 0 fully saturated rings. The van der Waals surface area contributed by atoms with Gasteiger partial charge in [-0.3, -0.25) is 4.79 Å². The molecule has 0 amide bonds. The number of aromatic carboxylic acids is 1. The number of hydrogen-bond acceptors (Lipinski definition) is 5. The van der Waals surface area contributed by atoms with Crippen LogP contribution in [0, 0.1) is 27.7 Å². The topological polar surface area (TPSA) is 93.1 Å². The van der Waals surface area contributed by atoms with Gasteiger partial charge in [0.05, 0.1) is 18.8 Å². The van der Waals surface area contributed by atoms with Gasteiger partial charge in [0.25, 0.3) is 0 Å². The lowest BCUT2D eigenvalue weighted by atomic mass is 10.0. The molecule has 0 spiro atoms. The van der Waals surface area contributed by atoms with Crippen molar-refractivity contribution in [3.63, 3.8) is 0 Å². The quantitative estimate of drug-likeness (QED) is 0.325. The third-order valence-electron chi connectivity index (χ3n) is 5.12. The zero-order valence-electron chi connectivity index (χ0n) is 20.8. The Balaban J connectivity index is 0.000000331. The van der Waals surface area contributed by atoms with E-state index < -0.39 is 12.6 Å². The van der Waals surface area contributed by atoms with Crippen molar-refractivity contribution in [3.8, 4) is 11.5 Å². The Hall–Kier alpha value is -2.86. The van der Waals surface area contributed by atoms with Gasteiger partial charge in [0.15, 0.2) is 5.78 Å². The summed E-state index contributed by atoms with van der Waals surface area (Å²) in [5.74, 6) is 0.522. The number of hydrogen-bond donors (Lipinski definition) is 2. The Kier molecular flexibility index (Phi) is 12.2. The second kappa shape index (κ2) is 14.3. The molecule has 2 aromatic rings. The maximum absolute atomic E-state index is 11.4. The van der Waals surface area contributed by atoms with Crippen molar-refractivity contribution >= 4 is 11.8 Å². The second-order valence-electron chi connectivity index (χ2n) is 8.17. The summed E-state index contributed by atoms with van der Waals surface area (Å²) in [5.41, 5.74) is 4.51. The lowest BCUT2D eigenvalue weighted by Crippen LogP contribution is -2.07. The standard InChI is InChI=1S/C14H20O3.C13H18O3/c1-4-5-6-17-14-10(2)7-12(8-11(14)3)13(16)9-15;1-4-5-6-16-12-9(2)7-11(13(14)15)8-10(12)3/h7-8,15H,4-6,9H2,1-3H3;7-8H,4-6H2,1-3H3,(H,14,15). The third kappa shape index (κ3) is 8.89. The molecule has 0 aliphatic carbocycles. The third-order valence-corrected chi connectivity index (χ3v) is 5.12. The molecule has 0 unspecified atom stereocenters. The Bertz CT molecular complexity index is 886. The number of carboxylic acids is 1. The zero-order valence-corrected chi connectivity index (χ0v) is 20.8. The number of carbonyl (C=O) groups excluding carboxylic acids is 1. The molecular weight excluding hydrogens is 420 g/mol. The van der Waals surface area contributed by atoms with Crippen molar-refractivity contribution < 1.29 is 29.3 Å². The van der Waals surface area contributed by atoms with Crippen LogP contribution < -0.4 is 9.47 Å². The molecule has 0 aromatic heterocycles. The fraction of sp³-hybridized carbons (Fsp3) is 0.481. The number of ether oxygens (including phenoxy) is 2. The summed E-state index contributed by atoms with van der Waals surface area (Å²) in [4.78, 5) is 22.2. The van der Waals surface area contributed by atoms with Crippen LogP contribution in [-0.4, -0.2) is 41.8 Å². The molecular formula is C27H38O6. The van der Waals surface area contributed by atoms with Crippen LogP contribution >= 0.6 is 0 Å². The molecule has 2 aromatic carbocycles. The summed E-state index contributed by atoms with van der Waals surface area (Å²) in [6.07, 6.45) is 4.22. The fourth-order valence-electron chi connectivity index (χ4n) is 3.37. The van der Waals surface area contributed by atoms with Gasteiger partial charge in [0.1, 0.15) is 18.1 Å². The van der Waals surface area contributed by atoms with Gasteiger partial charge in [-0.2, -0.15) is 0 Å². The molecule has 6 heteroatoms. The number of benzene rings is 2. The highest BCUT2D eigenvalue weighted by atomic mass is 16.5.